The second-order valence-electron chi connectivity index (χ2n) is 11.4. The van der Waals surface area contributed by atoms with Gasteiger partial charge in [-0.05, 0) is 66.0 Å². The van der Waals surface area contributed by atoms with E-state index in [2.05, 4.69) is 93.2 Å². The summed E-state index contributed by atoms with van der Waals surface area (Å²) in [7, 11) is 0. The smallest absolute Gasteiger partial charge is 0.123 e. The van der Waals surface area contributed by atoms with Gasteiger partial charge in [0.2, 0.25) is 0 Å². The molecule has 2 saturated heterocycles. The van der Waals surface area contributed by atoms with Crippen LogP contribution in [0.2, 0.25) is 0 Å². The number of imidazole rings is 2. The van der Waals surface area contributed by atoms with Crippen molar-refractivity contribution in [1.82, 2.24) is 30.6 Å². The molecule has 1 saturated carbocycles. The molecule has 3 aromatic carbocycles. The topological polar surface area (TPSA) is 81.4 Å². The van der Waals surface area contributed by atoms with Crippen molar-refractivity contribution in [2.45, 2.75) is 56.8 Å². The molecule has 4 N–H and O–H groups in total. The first-order chi connectivity index (χ1) is 18.7. The third-order valence-corrected chi connectivity index (χ3v) is 8.82. The quantitative estimate of drug-likeness (QED) is 0.221. The van der Waals surface area contributed by atoms with Gasteiger partial charge in [-0.25, -0.2) is 9.97 Å². The molecule has 5 aromatic rings. The highest BCUT2D eigenvalue weighted by Gasteiger charge is 2.46. The molecular formula is C32H32N6. The lowest BCUT2D eigenvalue weighted by molar-refractivity contribution is 0.543. The van der Waals surface area contributed by atoms with E-state index in [0.717, 1.165) is 40.9 Å². The van der Waals surface area contributed by atoms with E-state index in [9.17, 15) is 0 Å². The minimum absolute atomic E-state index is 0.328. The number of nitrogens with zero attached hydrogens (tertiary/aromatic N) is 2. The molecule has 0 amide bonds. The largest absolute Gasteiger partial charge is 0.341 e. The number of fused-ring (bicyclic) bond motifs is 2. The summed E-state index contributed by atoms with van der Waals surface area (Å²) in [6, 6.07) is 24.0. The Bertz CT molecular complexity index is 1620. The third kappa shape index (κ3) is 3.79. The number of aromatic nitrogens is 4. The highest BCUT2D eigenvalue weighted by molar-refractivity contribution is 6.04. The molecule has 4 heterocycles. The van der Waals surface area contributed by atoms with Crippen LogP contribution in [-0.4, -0.2) is 32.0 Å². The summed E-state index contributed by atoms with van der Waals surface area (Å²) < 4.78 is 0. The van der Waals surface area contributed by atoms with E-state index in [1.54, 1.807) is 0 Å². The van der Waals surface area contributed by atoms with Gasteiger partial charge in [0.15, 0.2) is 0 Å². The maximum absolute atomic E-state index is 4.76. The Morgan fingerprint density at radius 1 is 0.658 bits per heavy atom. The highest BCUT2D eigenvalue weighted by atomic mass is 15.1. The Morgan fingerprint density at radius 2 is 1.34 bits per heavy atom. The number of benzene rings is 3. The fraction of sp³-hybridized carbons (Fsp3) is 0.312. The van der Waals surface area contributed by atoms with E-state index in [1.165, 1.54) is 46.7 Å². The van der Waals surface area contributed by atoms with Crippen LogP contribution in [0.25, 0.3) is 44.4 Å². The van der Waals surface area contributed by atoms with Crippen molar-refractivity contribution in [3.8, 4) is 33.6 Å². The molecule has 2 aromatic heterocycles. The van der Waals surface area contributed by atoms with Crippen LogP contribution < -0.4 is 10.6 Å². The lowest BCUT2D eigenvalue weighted by atomic mass is 9.94. The molecule has 6 nitrogen and oxygen atoms in total. The fourth-order valence-corrected chi connectivity index (χ4v) is 6.61. The Hall–Kier alpha value is -3.74. The SMILES string of the molecule is C[C@@H]1CC[C@@H](c2ncc(-c3ccc(-c4cccc5c(-c6cnc([C@@H]7C[C@H]8C[C@H]8N7)[nH]6)cccc45)cc3)[nH]2)N1. The van der Waals surface area contributed by atoms with Crippen LogP contribution in [0.1, 0.15) is 56.3 Å². The molecule has 0 radical (unpaired) electrons. The summed E-state index contributed by atoms with van der Waals surface area (Å²) in [5.41, 5.74) is 6.95. The highest BCUT2D eigenvalue weighted by Crippen LogP contribution is 2.45. The number of aromatic amines is 2. The monoisotopic (exact) mass is 500 g/mol. The standard InChI is InChI=1S/C32H32N6/c1-18-8-13-26(35-18)31-33-16-29(37-31)20-11-9-19(10-12-20)22-4-2-6-24-23(22)5-3-7-25(24)30-17-34-32(38-30)28-15-21-14-27(21)36-28/h2-7,9-12,16-18,21,26-28,35-36H,8,13-15H2,1H3,(H,33,37)(H,34,38)/t18-,21-,26+,27-,28+/m1/s1. The van der Waals surface area contributed by atoms with Crippen LogP contribution in [0, 0.1) is 5.92 Å². The van der Waals surface area contributed by atoms with Gasteiger partial charge in [0.1, 0.15) is 11.6 Å². The predicted molar refractivity (Wildman–Crippen MR) is 152 cm³/mol. The summed E-state index contributed by atoms with van der Waals surface area (Å²) >= 11 is 0. The second-order valence-corrected chi connectivity index (χ2v) is 11.4. The average Bonchev–Trinajstić information content (AvgIpc) is 3.51. The zero-order valence-corrected chi connectivity index (χ0v) is 21.5. The van der Waals surface area contributed by atoms with E-state index < -0.39 is 0 Å². The van der Waals surface area contributed by atoms with Gasteiger partial charge in [-0.15, -0.1) is 0 Å². The summed E-state index contributed by atoms with van der Waals surface area (Å²) in [5.74, 6) is 2.96. The van der Waals surface area contributed by atoms with Gasteiger partial charge in [0, 0.05) is 17.6 Å². The Labute approximate surface area is 222 Å². The maximum Gasteiger partial charge on any atom is 0.123 e. The molecule has 3 fully saturated rings. The van der Waals surface area contributed by atoms with Crippen molar-refractivity contribution in [2.24, 2.45) is 5.92 Å². The summed E-state index contributed by atoms with van der Waals surface area (Å²) in [5, 5.41) is 9.81. The normalized spacial score (nSPS) is 26.2. The van der Waals surface area contributed by atoms with Crippen LogP contribution >= 0.6 is 0 Å². The number of piperidine rings is 1. The van der Waals surface area contributed by atoms with Gasteiger partial charge < -0.3 is 20.6 Å². The van der Waals surface area contributed by atoms with Gasteiger partial charge in [0.05, 0.1) is 35.9 Å². The van der Waals surface area contributed by atoms with Crippen LogP contribution in [0.3, 0.4) is 0 Å². The molecule has 8 rings (SSSR count). The minimum atomic E-state index is 0.328. The third-order valence-electron chi connectivity index (χ3n) is 8.82. The van der Waals surface area contributed by atoms with E-state index in [-0.39, 0.29) is 0 Å². The van der Waals surface area contributed by atoms with Crippen molar-refractivity contribution in [2.75, 3.05) is 0 Å². The zero-order chi connectivity index (χ0) is 25.2. The lowest BCUT2D eigenvalue weighted by Gasteiger charge is -2.12. The van der Waals surface area contributed by atoms with Crippen molar-refractivity contribution < 1.29 is 0 Å². The van der Waals surface area contributed by atoms with Gasteiger partial charge in [-0.1, -0.05) is 60.7 Å². The Morgan fingerprint density at radius 3 is 2.08 bits per heavy atom. The predicted octanol–water partition coefficient (Wildman–Crippen LogP) is 6.52. The molecular weight excluding hydrogens is 468 g/mol. The van der Waals surface area contributed by atoms with E-state index in [0.29, 0.717) is 24.2 Å². The molecule has 0 unspecified atom stereocenters. The van der Waals surface area contributed by atoms with Gasteiger partial charge >= 0.3 is 0 Å². The van der Waals surface area contributed by atoms with Crippen molar-refractivity contribution in [1.29, 1.82) is 0 Å². The zero-order valence-electron chi connectivity index (χ0n) is 21.5. The molecule has 38 heavy (non-hydrogen) atoms. The van der Waals surface area contributed by atoms with Gasteiger partial charge in [0.25, 0.3) is 0 Å². The number of hydrogen-bond donors (Lipinski definition) is 4. The molecule has 3 aliphatic rings. The molecule has 1 aliphatic carbocycles. The van der Waals surface area contributed by atoms with Crippen LogP contribution in [0.15, 0.2) is 73.1 Å². The maximum atomic E-state index is 4.76. The van der Waals surface area contributed by atoms with Crippen molar-refractivity contribution in [3.05, 3.63) is 84.7 Å². The van der Waals surface area contributed by atoms with Crippen molar-refractivity contribution >= 4 is 10.8 Å². The number of hydrogen-bond acceptors (Lipinski definition) is 4. The molecule has 2 aliphatic heterocycles. The fourth-order valence-electron chi connectivity index (χ4n) is 6.61. The summed E-state index contributed by atoms with van der Waals surface area (Å²) in [4.78, 5) is 16.6. The first-order valence-corrected chi connectivity index (χ1v) is 13.9. The van der Waals surface area contributed by atoms with Gasteiger partial charge in [-0.3, -0.25) is 0 Å². The summed E-state index contributed by atoms with van der Waals surface area (Å²) in [6.07, 6.45) is 8.82. The minimum Gasteiger partial charge on any atom is -0.341 e. The Balaban J connectivity index is 1.09. The number of nitrogens with one attached hydrogen (secondary N) is 4. The van der Waals surface area contributed by atoms with Crippen LogP contribution in [0.4, 0.5) is 0 Å². The Kier molecular flexibility index (Phi) is 5.07. The van der Waals surface area contributed by atoms with Gasteiger partial charge in [-0.2, -0.15) is 0 Å². The second kappa shape index (κ2) is 8.65. The number of rotatable bonds is 5. The molecule has 190 valence electrons. The van der Waals surface area contributed by atoms with Crippen LogP contribution in [0.5, 0.6) is 0 Å². The summed E-state index contributed by atoms with van der Waals surface area (Å²) in [6.45, 7) is 2.24. The van der Waals surface area contributed by atoms with Crippen molar-refractivity contribution in [3.63, 3.8) is 0 Å². The molecule has 0 spiro atoms. The molecule has 0 bridgehead atoms. The first kappa shape index (κ1) is 22.3. The molecule has 6 heteroatoms. The van der Waals surface area contributed by atoms with E-state index in [4.69, 9.17) is 4.98 Å². The van der Waals surface area contributed by atoms with E-state index in [1.807, 2.05) is 12.4 Å². The van der Waals surface area contributed by atoms with E-state index >= 15 is 0 Å². The number of H-pyrrole nitrogens is 2. The van der Waals surface area contributed by atoms with Crippen LogP contribution in [-0.2, 0) is 0 Å². The lowest BCUT2D eigenvalue weighted by Crippen LogP contribution is -2.21. The first-order valence-electron chi connectivity index (χ1n) is 13.9. The average molecular weight is 501 g/mol. The molecule has 5 atom stereocenters.